The molecule has 0 aliphatic heterocycles. The lowest BCUT2D eigenvalue weighted by atomic mass is 10.5. The minimum Gasteiger partial charge on any atom is -0.288 e. The molecule has 3 rings (SSSR count). The number of sulfonamides is 1. The van der Waals surface area contributed by atoms with Crippen molar-refractivity contribution in [3.63, 3.8) is 0 Å². The predicted molar refractivity (Wildman–Crippen MR) is 79.0 cm³/mol. The third-order valence-electron chi connectivity index (χ3n) is 2.94. The van der Waals surface area contributed by atoms with Gasteiger partial charge in [-0.3, -0.25) is 13.8 Å². The fraction of sp³-hybridized carbons (Fsp3) is 0.167. The van der Waals surface area contributed by atoms with Gasteiger partial charge in [0.15, 0.2) is 10.2 Å². The number of halogens is 1. The minimum absolute atomic E-state index is 0.0763. The minimum atomic E-state index is -3.88. The second-order valence-corrected chi connectivity index (χ2v) is 6.49. The van der Waals surface area contributed by atoms with Crippen LogP contribution in [0.5, 0.6) is 0 Å². The third-order valence-corrected chi connectivity index (χ3v) is 4.69. The van der Waals surface area contributed by atoms with E-state index in [1.807, 2.05) is 0 Å². The van der Waals surface area contributed by atoms with Crippen LogP contribution in [-0.2, 0) is 17.1 Å². The SMILES string of the molecule is Cc1cc(NS(=O)(=O)c2c(Cl)nc3ccccn23)n(C)n1. The van der Waals surface area contributed by atoms with Gasteiger partial charge in [0, 0.05) is 19.3 Å². The molecular weight excluding hydrogens is 314 g/mol. The van der Waals surface area contributed by atoms with Gasteiger partial charge in [-0.25, -0.2) is 4.98 Å². The molecule has 0 radical (unpaired) electrons. The van der Waals surface area contributed by atoms with Crippen LogP contribution in [-0.4, -0.2) is 27.6 Å². The van der Waals surface area contributed by atoms with Crippen molar-refractivity contribution < 1.29 is 8.42 Å². The van der Waals surface area contributed by atoms with Gasteiger partial charge < -0.3 is 0 Å². The molecule has 0 aliphatic rings. The van der Waals surface area contributed by atoms with Crippen molar-refractivity contribution in [3.8, 4) is 0 Å². The zero-order valence-corrected chi connectivity index (χ0v) is 12.9. The van der Waals surface area contributed by atoms with Crippen LogP contribution in [0.2, 0.25) is 5.15 Å². The number of hydrogen-bond donors (Lipinski definition) is 1. The summed E-state index contributed by atoms with van der Waals surface area (Å²) in [5.74, 6) is 0.356. The first-order valence-electron chi connectivity index (χ1n) is 6.04. The molecule has 0 amide bonds. The highest BCUT2D eigenvalue weighted by Crippen LogP contribution is 2.24. The van der Waals surface area contributed by atoms with Gasteiger partial charge in [-0.2, -0.15) is 13.5 Å². The average Bonchev–Trinajstić information content (AvgIpc) is 2.88. The van der Waals surface area contributed by atoms with E-state index in [0.29, 0.717) is 17.2 Å². The Morgan fingerprint density at radius 1 is 1.33 bits per heavy atom. The molecule has 0 spiro atoms. The topological polar surface area (TPSA) is 81.3 Å². The zero-order chi connectivity index (χ0) is 15.2. The number of nitrogens with one attached hydrogen (secondary N) is 1. The lowest BCUT2D eigenvalue weighted by Crippen LogP contribution is -2.17. The summed E-state index contributed by atoms with van der Waals surface area (Å²) in [5, 5.41) is 3.92. The quantitative estimate of drug-likeness (QED) is 0.796. The monoisotopic (exact) mass is 325 g/mol. The summed E-state index contributed by atoms with van der Waals surface area (Å²) in [6, 6.07) is 6.78. The Hall–Kier alpha value is -2.06. The molecule has 0 atom stereocenters. The van der Waals surface area contributed by atoms with E-state index in [9.17, 15) is 8.42 Å². The van der Waals surface area contributed by atoms with Gasteiger partial charge >= 0.3 is 0 Å². The molecule has 110 valence electrons. The van der Waals surface area contributed by atoms with Gasteiger partial charge in [-0.05, 0) is 19.1 Å². The molecule has 0 saturated heterocycles. The molecule has 0 saturated carbocycles. The van der Waals surface area contributed by atoms with Gasteiger partial charge in [0.1, 0.15) is 11.5 Å². The van der Waals surface area contributed by atoms with Crippen molar-refractivity contribution in [1.82, 2.24) is 19.2 Å². The number of aryl methyl sites for hydroxylation is 2. The highest BCUT2D eigenvalue weighted by atomic mass is 35.5. The Labute approximate surface area is 126 Å². The maximum atomic E-state index is 12.6. The van der Waals surface area contributed by atoms with Gasteiger partial charge in [0.05, 0.1) is 5.69 Å². The number of hydrogen-bond acceptors (Lipinski definition) is 4. The molecule has 0 aliphatic carbocycles. The highest BCUT2D eigenvalue weighted by molar-refractivity contribution is 7.92. The van der Waals surface area contributed by atoms with Crippen molar-refractivity contribution in [1.29, 1.82) is 0 Å². The summed E-state index contributed by atoms with van der Waals surface area (Å²) < 4.78 is 30.5. The molecule has 3 aromatic rings. The number of pyridine rings is 1. The third kappa shape index (κ3) is 2.36. The van der Waals surface area contributed by atoms with Gasteiger partial charge in [0.2, 0.25) is 0 Å². The number of aromatic nitrogens is 4. The van der Waals surface area contributed by atoms with E-state index in [1.54, 1.807) is 44.4 Å². The van der Waals surface area contributed by atoms with E-state index in [0.717, 1.165) is 0 Å². The first-order valence-corrected chi connectivity index (χ1v) is 7.90. The standard InChI is InChI=1S/C12H12ClN5O2S/c1-8-7-10(17(2)15-8)16-21(19,20)12-11(13)14-9-5-3-4-6-18(9)12/h3-7,16H,1-2H3. The van der Waals surface area contributed by atoms with Crippen LogP contribution in [0.15, 0.2) is 35.5 Å². The Morgan fingerprint density at radius 3 is 2.76 bits per heavy atom. The van der Waals surface area contributed by atoms with E-state index in [-0.39, 0.29) is 10.2 Å². The lowest BCUT2D eigenvalue weighted by Gasteiger charge is -2.07. The summed E-state index contributed by atoms with van der Waals surface area (Å²) in [5.41, 5.74) is 1.17. The molecule has 9 heteroatoms. The fourth-order valence-electron chi connectivity index (χ4n) is 2.08. The van der Waals surface area contributed by atoms with Crippen molar-refractivity contribution in [2.75, 3.05) is 4.72 Å². The van der Waals surface area contributed by atoms with Crippen molar-refractivity contribution in [3.05, 3.63) is 41.3 Å². The molecule has 21 heavy (non-hydrogen) atoms. The van der Waals surface area contributed by atoms with E-state index in [2.05, 4.69) is 14.8 Å². The summed E-state index contributed by atoms with van der Waals surface area (Å²) in [4.78, 5) is 4.04. The van der Waals surface area contributed by atoms with E-state index < -0.39 is 10.0 Å². The predicted octanol–water partition coefficient (Wildman–Crippen LogP) is 1.83. The van der Waals surface area contributed by atoms with Crippen LogP contribution in [0.1, 0.15) is 5.69 Å². The summed E-state index contributed by atoms with van der Waals surface area (Å²) in [6.07, 6.45) is 1.59. The van der Waals surface area contributed by atoms with Crippen molar-refractivity contribution >= 4 is 33.1 Å². The first-order chi connectivity index (χ1) is 9.88. The second-order valence-electron chi connectivity index (χ2n) is 4.54. The Morgan fingerprint density at radius 2 is 2.10 bits per heavy atom. The molecular formula is C12H12ClN5O2S. The average molecular weight is 326 g/mol. The Balaban J connectivity index is 2.12. The molecule has 0 aromatic carbocycles. The van der Waals surface area contributed by atoms with Crippen molar-refractivity contribution in [2.45, 2.75) is 11.9 Å². The van der Waals surface area contributed by atoms with Gasteiger partial charge in [-0.15, -0.1) is 0 Å². The molecule has 3 aromatic heterocycles. The second kappa shape index (κ2) is 4.74. The van der Waals surface area contributed by atoms with Crippen LogP contribution in [0.3, 0.4) is 0 Å². The molecule has 0 bridgehead atoms. The number of rotatable bonds is 3. The van der Waals surface area contributed by atoms with Crippen LogP contribution in [0.4, 0.5) is 5.82 Å². The van der Waals surface area contributed by atoms with Crippen LogP contribution in [0, 0.1) is 6.92 Å². The maximum Gasteiger partial charge on any atom is 0.282 e. The molecule has 7 nitrogen and oxygen atoms in total. The summed E-state index contributed by atoms with van der Waals surface area (Å²) in [7, 11) is -2.23. The highest BCUT2D eigenvalue weighted by Gasteiger charge is 2.25. The zero-order valence-electron chi connectivity index (χ0n) is 11.3. The summed E-state index contributed by atoms with van der Waals surface area (Å²) in [6.45, 7) is 1.78. The number of nitrogens with zero attached hydrogens (tertiary/aromatic N) is 4. The van der Waals surface area contributed by atoms with Crippen LogP contribution < -0.4 is 4.72 Å². The maximum absolute atomic E-state index is 12.6. The van der Waals surface area contributed by atoms with Crippen LogP contribution >= 0.6 is 11.6 Å². The molecule has 3 heterocycles. The molecule has 1 N–H and O–H groups in total. The van der Waals surface area contributed by atoms with E-state index in [4.69, 9.17) is 11.6 Å². The number of imidazole rings is 1. The Bertz CT molecular complexity index is 928. The van der Waals surface area contributed by atoms with Crippen molar-refractivity contribution in [2.24, 2.45) is 7.05 Å². The summed E-state index contributed by atoms with van der Waals surface area (Å²) >= 11 is 5.99. The largest absolute Gasteiger partial charge is 0.288 e. The van der Waals surface area contributed by atoms with E-state index >= 15 is 0 Å². The van der Waals surface area contributed by atoms with E-state index in [1.165, 1.54) is 9.08 Å². The smallest absolute Gasteiger partial charge is 0.282 e. The lowest BCUT2D eigenvalue weighted by molar-refractivity contribution is 0.595. The van der Waals surface area contributed by atoms with Gasteiger partial charge in [-0.1, -0.05) is 17.7 Å². The number of anilines is 1. The first kappa shape index (κ1) is 13.9. The number of fused-ring (bicyclic) bond motifs is 1. The fourth-order valence-corrected chi connectivity index (χ4v) is 3.80. The molecule has 0 unspecified atom stereocenters. The normalized spacial score (nSPS) is 12.0. The van der Waals surface area contributed by atoms with Crippen LogP contribution in [0.25, 0.3) is 5.65 Å². The van der Waals surface area contributed by atoms with Gasteiger partial charge in [0.25, 0.3) is 10.0 Å². The Kier molecular flexibility index (Phi) is 3.14. The molecule has 0 fully saturated rings.